The quantitative estimate of drug-likeness (QED) is 0.130. The number of benzene rings is 4. The van der Waals surface area contributed by atoms with Crippen molar-refractivity contribution in [3.8, 4) is 5.69 Å². The topological polar surface area (TPSA) is 146 Å². The number of hydrogen-bond acceptors (Lipinski definition) is 6. The molecule has 1 heterocycles. The molecule has 5 aromatic rings. The van der Waals surface area contributed by atoms with E-state index in [1.54, 1.807) is 31.2 Å². The van der Waals surface area contributed by atoms with Crippen LogP contribution in [0.3, 0.4) is 0 Å². The normalized spacial score (nSPS) is 9.83. The molecule has 0 bridgehead atoms. The summed E-state index contributed by atoms with van der Waals surface area (Å²) < 4.78 is 27.2. The Kier molecular flexibility index (Phi) is 21.0. The molecule has 1 aromatic heterocycles. The van der Waals surface area contributed by atoms with Crippen molar-refractivity contribution in [2.75, 3.05) is 18.6 Å². The molecule has 1 amide bonds. The van der Waals surface area contributed by atoms with Crippen LogP contribution in [-0.4, -0.2) is 42.0 Å². The predicted molar refractivity (Wildman–Crippen MR) is 196 cm³/mol. The molecule has 47 heavy (non-hydrogen) atoms. The van der Waals surface area contributed by atoms with Crippen LogP contribution in [-0.2, 0) is 10.1 Å². The standard InChI is InChI=1S/C18H17N5O2.C10H8.C3H8.2C2H6.CH4O3S/c1-12-16(21-19-2)18(25)23(22-12)15-10-8-13(9-11-15)17(24)20-14-6-4-3-5-7-14;1-2-6-10-8-4-3-7-9(10)5-1;1-3-2;2*1-2;1-5(2,3)4/h3-11,22H,1-2H3,(H,20,24);1-8H;3H2,1-2H3;2*1-2H3;1H3,(H,2,3,4). The third-order valence-corrected chi connectivity index (χ3v) is 5.32. The van der Waals surface area contributed by atoms with Crippen molar-refractivity contribution >= 4 is 38.2 Å². The van der Waals surface area contributed by atoms with E-state index in [1.807, 2.05) is 58.0 Å². The molecule has 0 aliphatic rings. The first-order valence-electron chi connectivity index (χ1n) is 15.4. The molecule has 0 radical (unpaired) electrons. The number of H-pyrrole nitrogens is 1. The molecule has 0 atom stereocenters. The molecule has 10 nitrogen and oxygen atoms in total. The Balaban J connectivity index is 0.000000786. The van der Waals surface area contributed by atoms with Gasteiger partial charge in [-0.25, -0.2) is 4.68 Å². The van der Waals surface area contributed by atoms with Gasteiger partial charge in [0.15, 0.2) is 5.69 Å². The Morgan fingerprint density at radius 3 is 1.62 bits per heavy atom. The van der Waals surface area contributed by atoms with Gasteiger partial charge < -0.3 is 5.32 Å². The second kappa shape index (κ2) is 23.5. The number of amides is 1. The minimum Gasteiger partial charge on any atom is -0.322 e. The van der Waals surface area contributed by atoms with Gasteiger partial charge in [0.25, 0.3) is 21.6 Å². The smallest absolute Gasteiger partial charge is 0.299 e. The molecule has 254 valence electrons. The summed E-state index contributed by atoms with van der Waals surface area (Å²) in [6.45, 7) is 14.0. The third-order valence-electron chi connectivity index (χ3n) is 5.32. The molecule has 3 N–H and O–H groups in total. The molecular weight excluding hydrogens is 614 g/mol. The number of nitrogens with zero attached hydrogens (tertiary/aromatic N) is 3. The number of fused-ring (bicyclic) bond motifs is 1. The third kappa shape index (κ3) is 16.3. The number of aromatic amines is 1. The number of rotatable bonds is 4. The van der Waals surface area contributed by atoms with Crippen LogP contribution in [0.2, 0.25) is 0 Å². The Morgan fingerprint density at radius 1 is 0.809 bits per heavy atom. The van der Waals surface area contributed by atoms with E-state index in [0.717, 1.165) is 5.69 Å². The highest BCUT2D eigenvalue weighted by molar-refractivity contribution is 7.85. The summed E-state index contributed by atoms with van der Waals surface area (Å²) in [5, 5.41) is 15.9. The number of para-hydroxylation sites is 1. The van der Waals surface area contributed by atoms with Gasteiger partial charge in [0.2, 0.25) is 0 Å². The van der Waals surface area contributed by atoms with Crippen molar-refractivity contribution in [1.82, 2.24) is 9.78 Å². The number of anilines is 1. The lowest BCUT2D eigenvalue weighted by Gasteiger charge is -2.06. The van der Waals surface area contributed by atoms with E-state index >= 15 is 0 Å². The molecule has 11 heteroatoms. The maximum Gasteiger partial charge on any atom is 0.299 e. The molecule has 0 aliphatic carbocycles. The molecule has 0 fully saturated rings. The van der Waals surface area contributed by atoms with Crippen molar-refractivity contribution in [3.63, 3.8) is 0 Å². The lowest BCUT2D eigenvalue weighted by molar-refractivity contribution is 0.102. The zero-order valence-corrected chi connectivity index (χ0v) is 29.7. The second-order valence-corrected chi connectivity index (χ2v) is 10.6. The van der Waals surface area contributed by atoms with Gasteiger partial charge in [0.1, 0.15) is 0 Å². The first-order chi connectivity index (χ1) is 22.5. The molecule has 0 unspecified atom stereocenters. The van der Waals surface area contributed by atoms with Gasteiger partial charge in [-0.1, -0.05) is 115 Å². The number of hydrogen-bond donors (Lipinski definition) is 3. The van der Waals surface area contributed by atoms with Gasteiger partial charge in [-0.05, 0) is 54.1 Å². The molecule has 0 saturated carbocycles. The van der Waals surface area contributed by atoms with Crippen LogP contribution in [0.5, 0.6) is 0 Å². The van der Waals surface area contributed by atoms with E-state index in [9.17, 15) is 18.0 Å². The number of carbonyl (C=O) groups is 1. The molecule has 4 aromatic carbocycles. The number of azo groups is 1. The summed E-state index contributed by atoms with van der Waals surface area (Å²) in [4.78, 5) is 24.6. The van der Waals surface area contributed by atoms with E-state index < -0.39 is 10.1 Å². The second-order valence-electron chi connectivity index (χ2n) is 9.18. The lowest BCUT2D eigenvalue weighted by Crippen LogP contribution is -2.15. The predicted octanol–water partition coefficient (Wildman–Crippen LogP) is 9.25. The van der Waals surface area contributed by atoms with Crippen LogP contribution >= 0.6 is 0 Å². The van der Waals surface area contributed by atoms with Gasteiger partial charge in [-0.3, -0.25) is 19.2 Å². The minimum absolute atomic E-state index is 0.215. The van der Waals surface area contributed by atoms with Gasteiger partial charge >= 0.3 is 0 Å². The Bertz CT molecular complexity index is 1710. The first-order valence-corrected chi connectivity index (χ1v) is 17.3. The van der Waals surface area contributed by atoms with Crippen molar-refractivity contribution in [1.29, 1.82) is 0 Å². The van der Waals surface area contributed by atoms with Crippen LogP contribution < -0.4 is 10.9 Å². The largest absolute Gasteiger partial charge is 0.322 e. The average Bonchev–Trinajstić information content (AvgIpc) is 3.36. The summed E-state index contributed by atoms with van der Waals surface area (Å²) in [5.74, 6) is -0.215. The van der Waals surface area contributed by atoms with Crippen molar-refractivity contribution in [2.24, 2.45) is 10.2 Å². The molecule has 0 spiro atoms. The summed E-state index contributed by atoms with van der Waals surface area (Å²) in [6, 6.07) is 32.7. The highest BCUT2D eigenvalue weighted by Crippen LogP contribution is 2.16. The van der Waals surface area contributed by atoms with Gasteiger partial charge in [0, 0.05) is 18.3 Å². The maximum absolute atomic E-state index is 12.3. The zero-order chi connectivity index (χ0) is 35.8. The SMILES string of the molecule is CC.CC.CCC.CN=Nc1c(C)[nH]n(-c2ccc(C(=O)Nc3ccccc3)cc2)c1=O.CS(=O)(=O)O.c1ccc2ccccc2c1. The monoisotopic (exact) mass is 663 g/mol. The summed E-state index contributed by atoms with van der Waals surface area (Å²) in [5.41, 5.74) is 2.45. The van der Waals surface area contributed by atoms with Crippen LogP contribution in [0.1, 0.15) is 64.0 Å². The fourth-order valence-corrected chi connectivity index (χ4v) is 3.56. The van der Waals surface area contributed by atoms with Crippen molar-refractivity contribution in [2.45, 2.75) is 54.9 Å². The highest BCUT2D eigenvalue weighted by atomic mass is 32.2. The Morgan fingerprint density at radius 2 is 1.21 bits per heavy atom. The van der Waals surface area contributed by atoms with Crippen LogP contribution in [0.25, 0.3) is 16.5 Å². The van der Waals surface area contributed by atoms with E-state index in [1.165, 1.54) is 28.9 Å². The fourth-order valence-electron chi connectivity index (χ4n) is 3.56. The number of aromatic nitrogens is 2. The van der Waals surface area contributed by atoms with Crippen LogP contribution in [0.4, 0.5) is 11.4 Å². The average molecular weight is 664 g/mol. The Labute approximate surface area is 279 Å². The van der Waals surface area contributed by atoms with E-state index in [2.05, 4.69) is 83.0 Å². The minimum atomic E-state index is -3.67. The summed E-state index contributed by atoms with van der Waals surface area (Å²) >= 11 is 0. The van der Waals surface area contributed by atoms with E-state index in [-0.39, 0.29) is 17.2 Å². The van der Waals surface area contributed by atoms with E-state index in [4.69, 9.17) is 4.55 Å². The zero-order valence-electron chi connectivity index (χ0n) is 28.9. The number of aryl methyl sites for hydroxylation is 1. The van der Waals surface area contributed by atoms with Crippen molar-refractivity contribution < 1.29 is 17.8 Å². The highest BCUT2D eigenvalue weighted by Gasteiger charge is 2.13. The van der Waals surface area contributed by atoms with Gasteiger partial charge in [-0.2, -0.15) is 13.5 Å². The molecule has 0 aliphatic heterocycles. The fraction of sp³-hybridized carbons (Fsp3) is 0.278. The van der Waals surface area contributed by atoms with Crippen molar-refractivity contribution in [3.05, 3.63) is 125 Å². The first kappa shape index (κ1) is 42.1. The summed E-state index contributed by atoms with van der Waals surface area (Å²) in [7, 11) is -2.16. The molecule has 5 rings (SSSR count). The van der Waals surface area contributed by atoms with Crippen LogP contribution in [0.15, 0.2) is 118 Å². The lowest BCUT2D eigenvalue weighted by atomic mass is 10.1. The number of carbonyl (C=O) groups excluding carboxylic acids is 1. The summed E-state index contributed by atoms with van der Waals surface area (Å²) in [6.07, 6.45) is 1.97. The van der Waals surface area contributed by atoms with E-state index in [0.29, 0.717) is 23.2 Å². The Hall–Kier alpha value is -4.87. The van der Waals surface area contributed by atoms with Crippen LogP contribution in [0, 0.1) is 6.92 Å². The van der Waals surface area contributed by atoms with Gasteiger partial charge in [0.05, 0.1) is 17.6 Å². The van der Waals surface area contributed by atoms with Gasteiger partial charge in [-0.15, -0.1) is 5.11 Å². The number of nitrogens with one attached hydrogen (secondary N) is 2. The molecular formula is C36H49N5O5S. The maximum atomic E-state index is 12.3. The molecule has 0 saturated heterocycles.